The van der Waals surface area contributed by atoms with Crippen molar-refractivity contribution in [2.45, 2.75) is 22.1 Å². The maximum atomic E-state index is 13.1. The van der Waals surface area contributed by atoms with Gasteiger partial charge in [-0.05, 0) is 84.3 Å². The first-order valence-corrected chi connectivity index (χ1v) is 10.4. The summed E-state index contributed by atoms with van der Waals surface area (Å²) in [6.45, 7) is 2.13. The number of phenols is 2. The highest BCUT2D eigenvalue weighted by atomic mass is 32.2. The van der Waals surface area contributed by atoms with Crippen molar-refractivity contribution < 1.29 is 14.6 Å². The van der Waals surface area contributed by atoms with Crippen molar-refractivity contribution in [3.8, 4) is 11.5 Å². The van der Waals surface area contributed by atoms with Gasteiger partial charge in [0.2, 0.25) is 0 Å². The first-order chi connectivity index (χ1) is 14.4. The molecule has 150 valence electrons. The minimum atomic E-state index is -0.472. The summed E-state index contributed by atoms with van der Waals surface area (Å²) in [5, 5.41) is 19.5. The maximum Gasteiger partial charge on any atom is 0.123 e. The van der Waals surface area contributed by atoms with Gasteiger partial charge in [-0.2, -0.15) is 0 Å². The zero-order valence-electron chi connectivity index (χ0n) is 16.4. The van der Waals surface area contributed by atoms with Crippen LogP contribution in [0.2, 0.25) is 0 Å². The molecule has 0 aliphatic heterocycles. The fourth-order valence-electron chi connectivity index (χ4n) is 3.58. The van der Waals surface area contributed by atoms with Crippen LogP contribution in [0.5, 0.6) is 11.5 Å². The van der Waals surface area contributed by atoms with Crippen molar-refractivity contribution in [1.82, 2.24) is 0 Å². The number of aromatic hydroxyl groups is 2. The monoisotopic (exact) mass is 416 g/mol. The van der Waals surface area contributed by atoms with Gasteiger partial charge in [-0.25, -0.2) is 4.39 Å². The maximum absolute atomic E-state index is 13.1. The summed E-state index contributed by atoms with van der Waals surface area (Å²) in [4.78, 5) is 2.04. The average Bonchev–Trinajstić information content (AvgIpc) is 2.76. The van der Waals surface area contributed by atoms with E-state index in [1.807, 2.05) is 24.3 Å². The predicted molar refractivity (Wildman–Crippen MR) is 119 cm³/mol. The number of halogens is 1. The molecule has 0 atom stereocenters. The van der Waals surface area contributed by atoms with E-state index >= 15 is 0 Å². The van der Waals surface area contributed by atoms with Crippen LogP contribution in [-0.2, 0) is 5.41 Å². The molecule has 0 fully saturated rings. The van der Waals surface area contributed by atoms with Gasteiger partial charge in [-0.1, -0.05) is 48.2 Å². The van der Waals surface area contributed by atoms with Crippen molar-refractivity contribution in [1.29, 1.82) is 0 Å². The Balaban J connectivity index is 1.72. The van der Waals surface area contributed by atoms with Crippen molar-refractivity contribution in [3.63, 3.8) is 0 Å². The van der Waals surface area contributed by atoms with Crippen LogP contribution in [0, 0.1) is 5.82 Å². The summed E-state index contributed by atoms with van der Waals surface area (Å²) in [5.74, 6) is 0.198. The molecule has 0 spiro atoms. The first-order valence-electron chi connectivity index (χ1n) is 9.58. The molecular weight excluding hydrogens is 395 g/mol. The fourth-order valence-corrected chi connectivity index (χ4v) is 4.40. The second kappa shape index (κ2) is 8.25. The second-order valence-electron chi connectivity index (χ2n) is 7.30. The van der Waals surface area contributed by atoms with Gasteiger partial charge < -0.3 is 10.2 Å². The van der Waals surface area contributed by atoms with E-state index in [-0.39, 0.29) is 17.3 Å². The quantitative estimate of drug-likeness (QED) is 0.354. The largest absolute Gasteiger partial charge is 0.508 e. The van der Waals surface area contributed by atoms with E-state index in [2.05, 4.69) is 31.2 Å². The summed E-state index contributed by atoms with van der Waals surface area (Å²) in [5.41, 5.74) is 2.68. The Morgan fingerprint density at radius 1 is 0.567 bits per heavy atom. The second-order valence-corrected chi connectivity index (χ2v) is 8.45. The molecule has 0 saturated heterocycles. The van der Waals surface area contributed by atoms with E-state index in [0.717, 1.165) is 26.5 Å². The highest BCUT2D eigenvalue weighted by molar-refractivity contribution is 7.99. The molecule has 4 rings (SSSR count). The lowest BCUT2D eigenvalue weighted by atomic mass is 9.71. The molecule has 0 aromatic heterocycles. The van der Waals surface area contributed by atoms with E-state index in [4.69, 9.17) is 0 Å². The summed E-state index contributed by atoms with van der Waals surface area (Å²) in [6, 6.07) is 29.2. The number of phenolic OH excluding ortho intramolecular Hbond substituents is 2. The van der Waals surface area contributed by atoms with Gasteiger partial charge in [-0.15, -0.1) is 0 Å². The fraction of sp³-hybridized carbons (Fsp3) is 0.0769. The lowest BCUT2D eigenvalue weighted by Crippen LogP contribution is -2.25. The van der Waals surface area contributed by atoms with Crippen LogP contribution in [-0.4, -0.2) is 10.2 Å². The summed E-state index contributed by atoms with van der Waals surface area (Å²) >= 11 is 1.58. The molecule has 4 aromatic rings. The van der Waals surface area contributed by atoms with Crippen molar-refractivity contribution >= 4 is 11.8 Å². The van der Waals surface area contributed by atoms with Crippen LogP contribution >= 0.6 is 11.8 Å². The molecule has 0 aliphatic rings. The van der Waals surface area contributed by atoms with Crippen molar-refractivity contribution in [3.05, 3.63) is 120 Å². The van der Waals surface area contributed by atoms with E-state index in [1.165, 1.54) is 12.1 Å². The summed E-state index contributed by atoms with van der Waals surface area (Å²) < 4.78 is 13.1. The number of rotatable bonds is 5. The molecule has 30 heavy (non-hydrogen) atoms. The van der Waals surface area contributed by atoms with Gasteiger partial charge in [0.1, 0.15) is 17.3 Å². The molecule has 0 saturated carbocycles. The third kappa shape index (κ3) is 4.05. The van der Waals surface area contributed by atoms with Crippen molar-refractivity contribution in [2.24, 2.45) is 0 Å². The van der Waals surface area contributed by atoms with Gasteiger partial charge in [0, 0.05) is 15.2 Å². The lowest BCUT2D eigenvalue weighted by Gasteiger charge is -2.32. The SMILES string of the molecule is CC(c1ccc(O)cc1)(c1ccc(O)cc1)c1ccc(Sc2ccc(F)cc2)cc1. The molecule has 2 nitrogen and oxygen atoms in total. The lowest BCUT2D eigenvalue weighted by molar-refractivity contribution is 0.474. The van der Waals surface area contributed by atoms with Gasteiger partial charge in [0.25, 0.3) is 0 Å². The third-order valence-electron chi connectivity index (χ3n) is 5.37. The number of benzene rings is 4. The van der Waals surface area contributed by atoms with Crippen LogP contribution in [0.4, 0.5) is 4.39 Å². The zero-order chi connectivity index (χ0) is 21.1. The third-order valence-corrected chi connectivity index (χ3v) is 6.39. The average molecular weight is 417 g/mol. The first kappa shape index (κ1) is 20.0. The number of hydrogen-bond donors (Lipinski definition) is 2. The Morgan fingerprint density at radius 2 is 0.900 bits per heavy atom. The molecule has 0 bridgehead atoms. The van der Waals surface area contributed by atoms with Crippen molar-refractivity contribution in [2.75, 3.05) is 0 Å². The topological polar surface area (TPSA) is 40.5 Å². The highest BCUT2D eigenvalue weighted by Gasteiger charge is 2.31. The van der Waals surface area contributed by atoms with E-state index in [9.17, 15) is 14.6 Å². The van der Waals surface area contributed by atoms with Gasteiger partial charge in [-0.3, -0.25) is 0 Å². The molecular formula is C26H21FO2S. The Kier molecular flexibility index (Phi) is 5.51. The molecule has 0 aliphatic carbocycles. The van der Waals surface area contributed by atoms with Crippen LogP contribution in [0.1, 0.15) is 23.6 Å². The van der Waals surface area contributed by atoms with Gasteiger partial charge >= 0.3 is 0 Å². The smallest absolute Gasteiger partial charge is 0.123 e. The molecule has 0 radical (unpaired) electrons. The van der Waals surface area contributed by atoms with Crippen LogP contribution in [0.3, 0.4) is 0 Å². The highest BCUT2D eigenvalue weighted by Crippen LogP contribution is 2.40. The van der Waals surface area contributed by atoms with E-state index in [0.29, 0.717) is 0 Å². The molecule has 4 heteroatoms. The Hall–Kier alpha value is -3.24. The summed E-state index contributed by atoms with van der Waals surface area (Å²) in [7, 11) is 0. The number of hydrogen-bond acceptors (Lipinski definition) is 3. The Morgan fingerprint density at radius 3 is 1.30 bits per heavy atom. The normalized spacial score (nSPS) is 11.4. The van der Waals surface area contributed by atoms with Gasteiger partial charge in [0.05, 0.1) is 0 Å². The standard InChI is InChI=1S/C26H21FO2S/c1-26(18-2-10-22(28)11-3-18,19-4-12-23(29)13-5-19)20-6-14-24(15-7-20)30-25-16-8-21(27)9-17-25/h2-17,28-29H,1H3. The molecule has 2 N–H and O–H groups in total. The molecule has 4 aromatic carbocycles. The van der Waals surface area contributed by atoms with Crippen LogP contribution in [0.15, 0.2) is 107 Å². The zero-order valence-corrected chi connectivity index (χ0v) is 17.2. The Bertz CT molecular complexity index is 1070. The minimum absolute atomic E-state index is 0.220. The Labute approximate surface area is 179 Å². The van der Waals surface area contributed by atoms with E-state index in [1.54, 1.807) is 48.2 Å². The van der Waals surface area contributed by atoms with Gasteiger partial charge in [0.15, 0.2) is 0 Å². The van der Waals surface area contributed by atoms with Crippen LogP contribution in [0.25, 0.3) is 0 Å². The predicted octanol–water partition coefficient (Wildman–Crippen LogP) is 6.74. The van der Waals surface area contributed by atoms with Crippen LogP contribution < -0.4 is 0 Å². The molecule has 0 amide bonds. The minimum Gasteiger partial charge on any atom is -0.508 e. The molecule has 0 unspecified atom stereocenters. The molecule has 0 heterocycles. The summed E-state index contributed by atoms with van der Waals surface area (Å²) in [6.07, 6.45) is 0. The van der Waals surface area contributed by atoms with E-state index < -0.39 is 5.41 Å².